The van der Waals surface area contributed by atoms with E-state index >= 15 is 0 Å². The molecule has 1 aromatic carbocycles. The first-order valence-electron chi connectivity index (χ1n) is 9.54. The van der Waals surface area contributed by atoms with Crippen molar-refractivity contribution in [1.82, 2.24) is 14.5 Å². The van der Waals surface area contributed by atoms with Crippen molar-refractivity contribution in [3.8, 4) is 0 Å². The molecule has 0 radical (unpaired) electrons. The lowest BCUT2D eigenvalue weighted by Gasteiger charge is -2.10. The quantitative estimate of drug-likeness (QED) is 0.429. The second-order valence-corrected chi connectivity index (χ2v) is 8.37. The smallest absolute Gasteiger partial charge is 0.274 e. The van der Waals surface area contributed by atoms with Gasteiger partial charge in [-0.25, -0.2) is 0 Å². The van der Waals surface area contributed by atoms with Gasteiger partial charge in [-0.3, -0.25) is 14.6 Å². The third kappa shape index (κ3) is 5.68. The Balaban J connectivity index is 1.67. The fraction of sp³-hybridized carbons (Fsp3) is 0.318. The molecule has 0 fully saturated rings. The molecule has 3 rings (SSSR count). The topological polar surface area (TPSA) is 67.2 Å². The molecule has 2 aromatic heterocycles. The van der Waals surface area contributed by atoms with Crippen molar-refractivity contribution in [3.05, 3.63) is 60.2 Å². The molecule has 2 heterocycles. The average Bonchev–Trinajstić information content (AvgIpc) is 3.10. The minimum absolute atomic E-state index is 0.0207. The molecule has 0 saturated carbocycles. The van der Waals surface area contributed by atoms with Crippen LogP contribution in [0.15, 0.2) is 48.8 Å². The molecule has 0 aliphatic rings. The van der Waals surface area contributed by atoms with Crippen LogP contribution in [0.5, 0.6) is 0 Å². The van der Waals surface area contributed by atoms with Gasteiger partial charge in [0, 0.05) is 49.3 Å². The number of benzene rings is 1. The summed E-state index contributed by atoms with van der Waals surface area (Å²) in [5.74, 6) is 1.64. The van der Waals surface area contributed by atoms with Crippen LogP contribution in [0.25, 0.3) is 10.8 Å². The monoisotopic (exact) mass is 410 g/mol. The molecule has 6 nitrogen and oxygen atoms in total. The molecular formula is C22H26N4O2S. The van der Waals surface area contributed by atoms with E-state index in [0.717, 1.165) is 35.4 Å². The number of amides is 1. The number of carbonyl (C=O) groups excluding carboxylic acids is 2. The molecule has 0 atom stereocenters. The molecule has 0 unspecified atom stereocenters. The van der Waals surface area contributed by atoms with Crippen LogP contribution in [0, 0.1) is 0 Å². The second-order valence-electron chi connectivity index (χ2n) is 7.15. The maximum Gasteiger partial charge on any atom is 0.274 e. The molecule has 0 spiro atoms. The number of carbonyl (C=O) groups is 2. The Kier molecular flexibility index (Phi) is 7.06. The van der Waals surface area contributed by atoms with Crippen molar-refractivity contribution in [2.24, 2.45) is 0 Å². The molecular weight excluding hydrogens is 384 g/mol. The van der Waals surface area contributed by atoms with E-state index in [4.69, 9.17) is 0 Å². The number of rotatable bonds is 9. The summed E-state index contributed by atoms with van der Waals surface area (Å²) in [6.45, 7) is 3.29. The first-order valence-corrected chi connectivity index (χ1v) is 10.7. The van der Waals surface area contributed by atoms with Crippen molar-refractivity contribution < 1.29 is 9.59 Å². The lowest BCUT2D eigenvalue weighted by molar-refractivity contribution is 0.1000. The van der Waals surface area contributed by atoms with E-state index in [1.165, 1.54) is 0 Å². The number of nitrogens with one attached hydrogen (secondary N) is 1. The summed E-state index contributed by atoms with van der Waals surface area (Å²) < 4.78 is 1.91. The summed E-state index contributed by atoms with van der Waals surface area (Å²) in [4.78, 5) is 31.0. The number of aryl methyl sites for hydroxylation is 1. The zero-order chi connectivity index (χ0) is 20.8. The van der Waals surface area contributed by atoms with E-state index in [-0.39, 0.29) is 11.7 Å². The first-order chi connectivity index (χ1) is 13.9. The molecule has 0 aliphatic carbocycles. The van der Waals surface area contributed by atoms with Gasteiger partial charge in [-0.2, -0.15) is 11.8 Å². The number of ketones is 1. The van der Waals surface area contributed by atoms with E-state index in [0.29, 0.717) is 17.1 Å². The van der Waals surface area contributed by atoms with E-state index in [1.54, 1.807) is 25.3 Å². The fourth-order valence-corrected chi connectivity index (χ4v) is 4.00. The van der Waals surface area contributed by atoms with Crippen LogP contribution in [0.2, 0.25) is 0 Å². The van der Waals surface area contributed by atoms with Gasteiger partial charge in [0.05, 0.1) is 11.4 Å². The summed E-state index contributed by atoms with van der Waals surface area (Å²) in [5, 5.41) is 4.82. The second kappa shape index (κ2) is 9.71. The molecule has 0 bridgehead atoms. The van der Waals surface area contributed by atoms with Crippen LogP contribution in [0.3, 0.4) is 0 Å². The van der Waals surface area contributed by atoms with E-state index in [2.05, 4.69) is 29.3 Å². The van der Waals surface area contributed by atoms with Crippen LogP contribution in [-0.4, -0.2) is 58.3 Å². The SMILES string of the molecule is CC(=O)c1cc(NC(=O)c2cc3ccccc3cn2)cn1CCSCCN(C)C. The number of aromatic nitrogens is 2. The lowest BCUT2D eigenvalue weighted by atomic mass is 10.1. The number of nitrogens with zero attached hydrogens (tertiary/aromatic N) is 3. The van der Waals surface area contributed by atoms with Gasteiger partial charge < -0.3 is 14.8 Å². The minimum atomic E-state index is -0.289. The van der Waals surface area contributed by atoms with Crippen LogP contribution in [0.1, 0.15) is 27.9 Å². The zero-order valence-corrected chi connectivity index (χ0v) is 17.8. The van der Waals surface area contributed by atoms with E-state index < -0.39 is 0 Å². The average molecular weight is 411 g/mol. The molecule has 29 heavy (non-hydrogen) atoms. The van der Waals surface area contributed by atoms with Crippen LogP contribution >= 0.6 is 11.8 Å². The Labute approximate surface area is 175 Å². The Bertz CT molecular complexity index is 1010. The predicted octanol–water partition coefficient (Wildman–Crippen LogP) is 3.79. The van der Waals surface area contributed by atoms with Crippen LogP contribution in [-0.2, 0) is 6.54 Å². The van der Waals surface area contributed by atoms with E-state index in [9.17, 15) is 9.59 Å². The number of hydrogen-bond acceptors (Lipinski definition) is 5. The van der Waals surface area contributed by atoms with Gasteiger partial charge in [0.1, 0.15) is 5.69 Å². The maximum atomic E-state index is 12.6. The third-order valence-corrected chi connectivity index (χ3v) is 5.48. The van der Waals surface area contributed by atoms with Crippen LogP contribution < -0.4 is 5.32 Å². The number of hydrogen-bond donors (Lipinski definition) is 1. The zero-order valence-electron chi connectivity index (χ0n) is 17.0. The van der Waals surface area contributed by atoms with Gasteiger partial charge in [-0.15, -0.1) is 0 Å². The summed E-state index contributed by atoms with van der Waals surface area (Å²) in [5.41, 5.74) is 1.55. The largest absolute Gasteiger partial charge is 0.342 e. The van der Waals surface area contributed by atoms with Gasteiger partial charge in [0.2, 0.25) is 0 Å². The van der Waals surface area contributed by atoms with Crippen molar-refractivity contribution in [1.29, 1.82) is 0 Å². The number of Topliss-reactive ketones (excluding diaryl/α,β-unsaturated/α-hetero) is 1. The maximum absolute atomic E-state index is 12.6. The highest BCUT2D eigenvalue weighted by Crippen LogP contribution is 2.18. The Hall–Kier alpha value is -2.64. The summed E-state index contributed by atoms with van der Waals surface area (Å²) in [6.07, 6.45) is 3.52. The van der Waals surface area contributed by atoms with Gasteiger partial charge >= 0.3 is 0 Å². The summed E-state index contributed by atoms with van der Waals surface area (Å²) in [7, 11) is 4.11. The summed E-state index contributed by atoms with van der Waals surface area (Å²) in [6, 6.07) is 11.3. The van der Waals surface area contributed by atoms with Crippen LogP contribution in [0.4, 0.5) is 5.69 Å². The van der Waals surface area contributed by atoms with Crippen molar-refractivity contribution in [3.63, 3.8) is 0 Å². The number of pyridine rings is 1. The van der Waals surface area contributed by atoms with Crippen molar-refractivity contribution in [2.45, 2.75) is 13.5 Å². The molecule has 152 valence electrons. The van der Waals surface area contributed by atoms with Gasteiger partial charge in [0.15, 0.2) is 5.78 Å². The molecule has 0 saturated heterocycles. The van der Waals surface area contributed by atoms with Crippen molar-refractivity contribution >= 4 is 39.9 Å². The Morgan fingerprint density at radius 3 is 2.62 bits per heavy atom. The summed E-state index contributed by atoms with van der Waals surface area (Å²) >= 11 is 1.85. The highest BCUT2D eigenvalue weighted by molar-refractivity contribution is 7.99. The third-order valence-electron chi connectivity index (χ3n) is 4.54. The van der Waals surface area contributed by atoms with Crippen molar-refractivity contribution in [2.75, 3.05) is 37.5 Å². The number of anilines is 1. The normalized spacial score (nSPS) is 11.2. The molecule has 1 amide bonds. The fourth-order valence-electron chi connectivity index (χ4n) is 2.98. The van der Waals surface area contributed by atoms with Gasteiger partial charge in [-0.05, 0) is 31.6 Å². The van der Waals surface area contributed by atoms with Gasteiger partial charge in [-0.1, -0.05) is 24.3 Å². The standard InChI is InChI=1S/C22H26N4O2S/c1-16(27)21-13-19(15-26(21)9-11-29-10-8-25(2)3)24-22(28)20-12-17-6-4-5-7-18(17)14-23-20/h4-7,12-15H,8-11H2,1-3H3,(H,24,28). The Morgan fingerprint density at radius 1 is 1.14 bits per heavy atom. The predicted molar refractivity (Wildman–Crippen MR) is 120 cm³/mol. The highest BCUT2D eigenvalue weighted by atomic mass is 32.2. The minimum Gasteiger partial charge on any atom is -0.342 e. The Morgan fingerprint density at radius 2 is 1.90 bits per heavy atom. The van der Waals surface area contributed by atoms with E-state index in [1.807, 2.05) is 46.8 Å². The lowest BCUT2D eigenvalue weighted by Crippen LogP contribution is -2.15. The molecule has 0 aliphatic heterocycles. The van der Waals surface area contributed by atoms with Gasteiger partial charge in [0.25, 0.3) is 5.91 Å². The first kappa shape index (κ1) is 21.1. The molecule has 1 N–H and O–H groups in total. The highest BCUT2D eigenvalue weighted by Gasteiger charge is 2.14. The number of fused-ring (bicyclic) bond motifs is 1. The molecule has 7 heteroatoms. The molecule has 3 aromatic rings. The number of thioether (sulfide) groups is 1.